The first-order valence-corrected chi connectivity index (χ1v) is 6.02. The SMILES string of the molecule is OCC1(Cc2cc(-c3ccccc3)n[nH]2)CC1. The minimum atomic E-state index is 0.139. The topological polar surface area (TPSA) is 48.9 Å². The van der Waals surface area contributed by atoms with Crippen LogP contribution in [0.3, 0.4) is 0 Å². The number of hydrogen-bond donors (Lipinski definition) is 2. The van der Waals surface area contributed by atoms with E-state index in [-0.39, 0.29) is 12.0 Å². The molecule has 0 saturated heterocycles. The molecule has 3 rings (SSSR count). The third kappa shape index (κ3) is 2.11. The van der Waals surface area contributed by atoms with E-state index in [1.807, 2.05) is 18.2 Å². The quantitative estimate of drug-likeness (QED) is 0.844. The molecular weight excluding hydrogens is 212 g/mol. The number of H-pyrrole nitrogens is 1. The van der Waals surface area contributed by atoms with Crippen molar-refractivity contribution in [2.45, 2.75) is 19.3 Å². The summed E-state index contributed by atoms with van der Waals surface area (Å²) < 4.78 is 0. The number of nitrogens with one attached hydrogen (secondary N) is 1. The maximum absolute atomic E-state index is 9.31. The van der Waals surface area contributed by atoms with Crippen LogP contribution in [-0.4, -0.2) is 21.9 Å². The molecule has 0 aliphatic heterocycles. The molecule has 2 N–H and O–H groups in total. The molecule has 0 amide bonds. The Bertz CT molecular complexity index is 500. The number of aliphatic hydroxyl groups excluding tert-OH is 1. The highest BCUT2D eigenvalue weighted by molar-refractivity contribution is 5.58. The van der Waals surface area contributed by atoms with Crippen molar-refractivity contribution < 1.29 is 5.11 Å². The van der Waals surface area contributed by atoms with Crippen LogP contribution in [0.15, 0.2) is 36.4 Å². The lowest BCUT2D eigenvalue weighted by Crippen LogP contribution is -2.10. The fraction of sp³-hybridized carbons (Fsp3) is 0.357. The van der Waals surface area contributed by atoms with Gasteiger partial charge in [0.15, 0.2) is 0 Å². The molecule has 3 heteroatoms. The van der Waals surface area contributed by atoms with Gasteiger partial charge in [-0.05, 0) is 30.7 Å². The van der Waals surface area contributed by atoms with E-state index in [1.54, 1.807) is 0 Å². The number of rotatable bonds is 4. The van der Waals surface area contributed by atoms with E-state index in [9.17, 15) is 5.11 Å². The second-order valence-corrected chi connectivity index (χ2v) is 4.98. The van der Waals surface area contributed by atoms with Gasteiger partial charge in [-0.2, -0.15) is 5.10 Å². The van der Waals surface area contributed by atoms with E-state index in [1.165, 1.54) is 0 Å². The van der Waals surface area contributed by atoms with Crippen molar-refractivity contribution >= 4 is 0 Å². The van der Waals surface area contributed by atoms with Crippen LogP contribution in [-0.2, 0) is 6.42 Å². The minimum Gasteiger partial charge on any atom is -0.396 e. The van der Waals surface area contributed by atoms with Crippen LogP contribution in [0.5, 0.6) is 0 Å². The molecule has 1 aliphatic carbocycles. The Morgan fingerprint density at radius 2 is 2.00 bits per heavy atom. The zero-order valence-corrected chi connectivity index (χ0v) is 9.69. The molecule has 17 heavy (non-hydrogen) atoms. The van der Waals surface area contributed by atoms with E-state index >= 15 is 0 Å². The van der Waals surface area contributed by atoms with Crippen LogP contribution in [0.4, 0.5) is 0 Å². The molecule has 88 valence electrons. The largest absolute Gasteiger partial charge is 0.396 e. The highest BCUT2D eigenvalue weighted by Crippen LogP contribution is 2.47. The van der Waals surface area contributed by atoms with Gasteiger partial charge in [0.05, 0.1) is 5.69 Å². The Morgan fingerprint density at radius 3 is 2.65 bits per heavy atom. The molecule has 0 atom stereocenters. The van der Waals surface area contributed by atoms with Crippen molar-refractivity contribution in [3.8, 4) is 11.3 Å². The Kier molecular flexibility index (Phi) is 2.48. The lowest BCUT2D eigenvalue weighted by atomic mass is 10.0. The average molecular weight is 228 g/mol. The van der Waals surface area contributed by atoms with Gasteiger partial charge in [0.25, 0.3) is 0 Å². The number of aliphatic hydroxyl groups is 1. The maximum atomic E-state index is 9.31. The van der Waals surface area contributed by atoms with E-state index in [0.717, 1.165) is 36.2 Å². The first-order valence-electron chi connectivity index (χ1n) is 6.02. The van der Waals surface area contributed by atoms with Gasteiger partial charge in [0.1, 0.15) is 0 Å². The normalized spacial score (nSPS) is 17.0. The van der Waals surface area contributed by atoms with Crippen LogP contribution in [0, 0.1) is 5.41 Å². The molecule has 2 aromatic rings. The molecule has 1 fully saturated rings. The molecule has 1 aliphatic rings. The van der Waals surface area contributed by atoms with Crippen LogP contribution < -0.4 is 0 Å². The van der Waals surface area contributed by atoms with Crippen LogP contribution >= 0.6 is 0 Å². The molecule has 0 radical (unpaired) electrons. The standard InChI is InChI=1S/C14H16N2O/c17-10-14(6-7-14)9-12-8-13(16-15-12)11-4-2-1-3-5-11/h1-5,8,17H,6-7,9-10H2,(H,15,16). The van der Waals surface area contributed by atoms with E-state index in [2.05, 4.69) is 28.4 Å². The summed E-state index contributed by atoms with van der Waals surface area (Å²) in [7, 11) is 0. The van der Waals surface area contributed by atoms with Gasteiger partial charge >= 0.3 is 0 Å². The summed E-state index contributed by atoms with van der Waals surface area (Å²) in [6, 6.07) is 12.2. The second-order valence-electron chi connectivity index (χ2n) is 4.98. The molecule has 1 aromatic heterocycles. The summed E-state index contributed by atoms with van der Waals surface area (Å²) >= 11 is 0. The zero-order chi connectivity index (χ0) is 11.7. The van der Waals surface area contributed by atoms with Crippen LogP contribution in [0.1, 0.15) is 18.5 Å². The fourth-order valence-electron chi connectivity index (χ4n) is 2.18. The summed E-state index contributed by atoms with van der Waals surface area (Å²) in [4.78, 5) is 0. The average Bonchev–Trinajstić information content (AvgIpc) is 3.00. The smallest absolute Gasteiger partial charge is 0.0923 e. The maximum Gasteiger partial charge on any atom is 0.0923 e. The van der Waals surface area contributed by atoms with E-state index in [4.69, 9.17) is 0 Å². The van der Waals surface area contributed by atoms with E-state index in [0.29, 0.717) is 0 Å². The zero-order valence-electron chi connectivity index (χ0n) is 9.69. The Labute approximate surface area is 100 Å². The third-order valence-electron chi connectivity index (χ3n) is 3.56. The van der Waals surface area contributed by atoms with Gasteiger partial charge < -0.3 is 5.11 Å². The Balaban J connectivity index is 1.79. The molecule has 0 spiro atoms. The van der Waals surface area contributed by atoms with Gasteiger partial charge in [-0.3, -0.25) is 5.10 Å². The Hall–Kier alpha value is -1.61. The number of benzene rings is 1. The predicted molar refractivity (Wildman–Crippen MR) is 66.5 cm³/mol. The van der Waals surface area contributed by atoms with Crippen molar-refractivity contribution in [2.24, 2.45) is 5.41 Å². The van der Waals surface area contributed by atoms with Crippen molar-refractivity contribution in [1.29, 1.82) is 0 Å². The summed E-state index contributed by atoms with van der Waals surface area (Å²) in [5, 5.41) is 16.7. The van der Waals surface area contributed by atoms with Gasteiger partial charge in [0.2, 0.25) is 0 Å². The van der Waals surface area contributed by atoms with Gasteiger partial charge in [0, 0.05) is 17.9 Å². The van der Waals surface area contributed by atoms with Crippen molar-refractivity contribution in [2.75, 3.05) is 6.61 Å². The van der Waals surface area contributed by atoms with Gasteiger partial charge in [-0.1, -0.05) is 30.3 Å². The minimum absolute atomic E-state index is 0.139. The molecule has 0 unspecified atom stereocenters. The molecule has 1 aromatic carbocycles. The summed E-state index contributed by atoms with van der Waals surface area (Å²) in [6.45, 7) is 0.284. The lowest BCUT2D eigenvalue weighted by molar-refractivity contribution is 0.210. The summed E-state index contributed by atoms with van der Waals surface area (Å²) in [5.74, 6) is 0. The van der Waals surface area contributed by atoms with E-state index < -0.39 is 0 Å². The first kappa shape index (κ1) is 10.5. The van der Waals surface area contributed by atoms with Crippen LogP contribution in [0.25, 0.3) is 11.3 Å². The number of aromatic nitrogens is 2. The molecule has 1 saturated carbocycles. The first-order chi connectivity index (χ1) is 8.31. The number of nitrogens with zero attached hydrogens (tertiary/aromatic N) is 1. The van der Waals surface area contributed by atoms with Crippen molar-refractivity contribution in [3.63, 3.8) is 0 Å². The van der Waals surface area contributed by atoms with Crippen molar-refractivity contribution in [3.05, 3.63) is 42.1 Å². The van der Waals surface area contributed by atoms with Gasteiger partial charge in [-0.25, -0.2) is 0 Å². The van der Waals surface area contributed by atoms with Crippen LogP contribution in [0.2, 0.25) is 0 Å². The van der Waals surface area contributed by atoms with Crippen molar-refractivity contribution in [1.82, 2.24) is 10.2 Å². The molecular formula is C14H16N2O. The highest BCUT2D eigenvalue weighted by atomic mass is 16.3. The molecule has 0 bridgehead atoms. The highest BCUT2D eigenvalue weighted by Gasteiger charge is 2.42. The molecule has 1 heterocycles. The summed E-state index contributed by atoms with van der Waals surface area (Å²) in [5.41, 5.74) is 3.37. The second kappa shape index (κ2) is 4.00. The lowest BCUT2D eigenvalue weighted by Gasteiger charge is -2.08. The number of hydrogen-bond acceptors (Lipinski definition) is 2. The third-order valence-corrected chi connectivity index (χ3v) is 3.56. The Morgan fingerprint density at radius 1 is 1.24 bits per heavy atom. The monoisotopic (exact) mass is 228 g/mol. The number of aromatic amines is 1. The fourth-order valence-corrected chi connectivity index (χ4v) is 2.18. The molecule has 3 nitrogen and oxygen atoms in total. The predicted octanol–water partition coefficient (Wildman–Crippen LogP) is 2.39. The van der Waals surface area contributed by atoms with Gasteiger partial charge in [-0.15, -0.1) is 0 Å². The summed E-state index contributed by atoms with van der Waals surface area (Å²) in [6.07, 6.45) is 3.16.